The molecular weight excluding hydrogens is 364 g/mol. The highest BCUT2D eigenvalue weighted by molar-refractivity contribution is 5.91. The summed E-state index contributed by atoms with van der Waals surface area (Å²) in [7, 11) is 4.08. The number of hydrogen-bond donors (Lipinski definition) is 1. The van der Waals surface area contributed by atoms with E-state index in [2.05, 4.69) is 34.1 Å². The van der Waals surface area contributed by atoms with Gasteiger partial charge >= 0.3 is 5.88 Å². The smallest absolute Gasteiger partial charge is 0.306 e. The molecule has 0 saturated carbocycles. The Morgan fingerprint density at radius 2 is 1.97 bits per heavy atom. The first-order valence-electron chi connectivity index (χ1n) is 9.69. The normalized spacial score (nSPS) is 15.2. The third-order valence-corrected chi connectivity index (χ3v) is 5.45. The molecule has 1 atom stereocenters. The highest BCUT2D eigenvalue weighted by atomic mass is 16.5. The fourth-order valence-corrected chi connectivity index (χ4v) is 3.96. The molecule has 4 aromatic rings. The fraction of sp³-hybridized carbons (Fsp3) is 0.217. The van der Waals surface area contributed by atoms with E-state index in [1.807, 2.05) is 42.9 Å². The molecule has 0 aliphatic carbocycles. The van der Waals surface area contributed by atoms with Crippen LogP contribution in [0.4, 0.5) is 5.82 Å². The van der Waals surface area contributed by atoms with Crippen molar-refractivity contribution in [3.63, 3.8) is 0 Å². The molecule has 0 unspecified atom stereocenters. The zero-order valence-electron chi connectivity index (χ0n) is 16.5. The van der Waals surface area contributed by atoms with Crippen LogP contribution in [0.5, 0.6) is 11.6 Å². The van der Waals surface area contributed by atoms with Crippen LogP contribution in [0.25, 0.3) is 10.8 Å². The third-order valence-electron chi connectivity index (χ3n) is 5.45. The Hall–Kier alpha value is -3.38. The van der Waals surface area contributed by atoms with Gasteiger partial charge in [0, 0.05) is 17.5 Å². The number of benzene rings is 2. The number of likely N-dealkylation sites (N-methyl/N-ethyl adjacent to an activating group) is 1. The largest absolute Gasteiger partial charge is 0.468 e. The summed E-state index contributed by atoms with van der Waals surface area (Å²) in [5, 5.41) is 2.18. The van der Waals surface area contributed by atoms with Crippen molar-refractivity contribution in [1.82, 2.24) is 9.88 Å². The first-order valence-corrected chi connectivity index (χ1v) is 9.69. The lowest BCUT2D eigenvalue weighted by Crippen LogP contribution is -2.43. The second-order valence-corrected chi connectivity index (χ2v) is 7.60. The van der Waals surface area contributed by atoms with E-state index in [1.165, 1.54) is 0 Å². The van der Waals surface area contributed by atoms with Crippen LogP contribution in [0.2, 0.25) is 0 Å². The van der Waals surface area contributed by atoms with Gasteiger partial charge in [-0.15, -0.1) is 0 Å². The van der Waals surface area contributed by atoms with Gasteiger partial charge in [-0.1, -0.05) is 41.4 Å². The Bertz CT molecular complexity index is 1190. The fourth-order valence-electron chi connectivity index (χ4n) is 3.96. The highest BCUT2D eigenvalue weighted by Gasteiger charge is 2.38. The summed E-state index contributed by atoms with van der Waals surface area (Å²) in [6, 6.07) is 16.3. The van der Waals surface area contributed by atoms with Crippen LogP contribution >= 0.6 is 0 Å². The molecule has 2 aromatic heterocycles. The standard InChI is InChI=1S/C23H22N4O2/c1-26(2)11-12-27-14-25-23-20(22(27)24)19(18-8-5-13-28-18)17-10-9-15-6-3-4-7-16(15)21(17)29-23/h3-10,13-14,19,24H,11-12H2,1-2H3/p+1/t19-/m0/s1. The zero-order chi connectivity index (χ0) is 20.0. The Balaban J connectivity index is 1.72. The van der Waals surface area contributed by atoms with E-state index in [0.717, 1.165) is 46.5 Å². The van der Waals surface area contributed by atoms with Gasteiger partial charge in [-0.2, -0.15) is 0 Å². The van der Waals surface area contributed by atoms with Gasteiger partial charge in [0.25, 0.3) is 0 Å². The van der Waals surface area contributed by atoms with E-state index in [0.29, 0.717) is 11.7 Å². The SMILES string of the molecule is CN(C)CC[n+]1cnc2c(c1N)[C@H](c1ccco1)c1ccc3ccccc3c1O2. The van der Waals surface area contributed by atoms with E-state index in [1.54, 1.807) is 12.6 Å². The number of fused-ring (bicyclic) bond motifs is 4. The molecule has 0 bridgehead atoms. The number of nitrogens with zero attached hydrogens (tertiary/aromatic N) is 3. The molecule has 146 valence electrons. The predicted octanol–water partition coefficient (Wildman–Crippen LogP) is 3.55. The van der Waals surface area contributed by atoms with Crippen molar-refractivity contribution in [2.45, 2.75) is 12.5 Å². The summed E-state index contributed by atoms with van der Waals surface area (Å²) >= 11 is 0. The summed E-state index contributed by atoms with van der Waals surface area (Å²) in [5.41, 5.74) is 8.52. The molecule has 0 amide bonds. The molecule has 1 aliphatic heterocycles. The summed E-state index contributed by atoms with van der Waals surface area (Å²) in [6.07, 6.45) is 3.45. The number of hydrogen-bond acceptors (Lipinski definition) is 5. The van der Waals surface area contributed by atoms with Crippen LogP contribution < -0.4 is 15.0 Å². The van der Waals surface area contributed by atoms with Gasteiger partial charge in [0.1, 0.15) is 17.1 Å². The summed E-state index contributed by atoms with van der Waals surface area (Å²) in [6.45, 7) is 1.61. The van der Waals surface area contributed by atoms with E-state index in [9.17, 15) is 0 Å². The maximum atomic E-state index is 6.64. The number of furan rings is 1. The van der Waals surface area contributed by atoms with Gasteiger partial charge in [0.2, 0.25) is 12.1 Å². The second-order valence-electron chi connectivity index (χ2n) is 7.60. The molecule has 0 saturated heterocycles. The first kappa shape index (κ1) is 17.7. The number of ether oxygens (including phenoxy) is 1. The lowest BCUT2D eigenvalue weighted by atomic mass is 9.86. The molecule has 3 heterocycles. The number of rotatable bonds is 4. The van der Waals surface area contributed by atoms with Gasteiger partial charge in [-0.3, -0.25) is 0 Å². The quantitative estimate of drug-likeness (QED) is 0.478. The van der Waals surface area contributed by atoms with E-state index in [4.69, 9.17) is 14.9 Å². The average molecular weight is 387 g/mol. The van der Waals surface area contributed by atoms with E-state index in [-0.39, 0.29) is 5.92 Å². The summed E-state index contributed by atoms with van der Waals surface area (Å²) < 4.78 is 14.1. The molecule has 29 heavy (non-hydrogen) atoms. The maximum Gasteiger partial charge on any atom is 0.306 e. The van der Waals surface area contributed by atoms with Crippen molar-refractivity contribution in [3.8, 4) is 11.6 Å². The molecule has 2 N–H and O–H groups in total. The van der Waals surface area contributed by atoms with Gasteiger partial charge in [-0.25, -0.2) is 4.57 Å². The topological polar surface area (TPSA) is 68.4 Å². The molecule has 1 aliphatic rings. The Morgan fingerprint density at radius 3 is 2.76 bits per heavy atom. The van der Waals surface area contributed by atoms with Crippen molar-refractivity contribution in [2.75, 3.05) is 26.4 Å². The monoisotopic (exact) mass is 387 g/mol. The van der Waals surface area contributed by atoms with Crippen molar-refractivity contribution in [3.05, 3.63) is 78.0 Å². The second kappa shape index (κ2) is 6.90. The van der Waals surface area contributed by atoms with Gasteiger partial charge in [-0.05, 0) is 31.6 Å². The van der Waals surface area contributed by atoms with Gasteiger partial charge < -0.3 is 19.8 Å². The molecule has 6 heteroatoms. The number of nitrogen functional groups attached to an aromatic ring is 1. The van der Waals surface area contributed by atoms with Crippen molar-refractivity contribution < 1.29 is 13.7 Å². The van der Waals surface area contributed by atoms with E-state index < -0.39 is 0 Å². The van der Waals surface area contributed by atoms with Crippen LogP contribution in [0, 0.1) is 0 Å². The molecule has 0 radical (unpaired) electrons. The molecule has 2 aromatic carbocycles. The highest BCUT2D eigenvalue weighted by Crippen LogP contribution is 2.50. The molecule has 6 nitrogen and oxygen atoms in total. The number of aromatic nitrogens is 2. The van der Waals surface area contributed by atoms with Crippen LogP contribution in [-0.2, 0) is 6.54 Å². The van der Waals surface area contributed by atoms with Crippen molar-refractivity contribution in [2.24, 2.45) is 0 Å². The number of anilines is 1. The van der Waals surface area contributed by atoms with Crippen LogP contribution in [0.3, 0.4) is 0 Å². The van der Waals surface area contributed by atoms with Crippen molar-refractivity contribution >= 4 is 16.6 Å². The maximum absolute atomic E-state index is 6.64. The first-order chi connectivity index (χ1) is 14.1. The Morgan fingerprint density at radius 1 is 1.10 bits per heavy atom. The molecule has 0 spiro atoms. The summed E-state index contributed by atoms with van der Waals surface area (Å²) in [5.74, 6) is 2.65. The minimum Gasteiger partial charge on any atom is -0.468 e. The van der Waals surface area contributed by atoms with Gasteiger partial charge in [0.15, 0.2) is 0 Å². The van der Waals surface area contributed by atoms with E-state index >= 15 is 0 Å². The zero-order valence-corrected chi connectivity index (χ0v) is 16.5. The minimum absolute atomic E-state index is 0.173. The Labute approximate surface area is 169 Å². The number of nitrogens with two attached hydrogens (primary N) is 1. The Kier molecular flexibility index (Phi) is 4.21. The summed E-state index contributed by atoms with van der Waals surface area (Å²) in [4.78, 5) is 6.74. The minimum atomic E-state index is -0.173. The third kappa shape index (κ3) is 2.93. The van der Waals surface area contributed by atoms with Crippen LogP contribution in [0.15, 0.2) is 65.5 Å². The average Bonchev–Trinajstić information content (AvgIpc) is 3.26. The molecule has 5 rings (SSSR count). The predicted molar refractivity (Wildman–Crippen MR) is 111 cm³/mol. The molecule has 0 fully saturated rings. The van der Waals surface area contributed by atoms with Crippen LogP contribution in [0.1, 0.15) is 22.8 Å². The van der Waals surface area contributed by atoms with Crippen molar-refractivity contribution in [1.29, 1.82) is 0 Å². The lowest BCUT2D eigenvalue weighted by Gasteiger charge is -2.26. The lowest BCUT2D eigenvalue weighted by molar-refractivity contribution is -0.685. The van der Waals surface area contributed by atoms with Gasteiger partial charge in [0.05, 0.1) is 18.7 Å². The molecular formula is C23H23N4O2+. The van der Waals surface area contributed by atoms with Crippen LogP contribution in [-0.4, -0.2) is 30.5 Å².